The Kier molecular flexibility index (Phi) is 11.0. The maximum atomic E-state index is 13.4. The van der Waals surface area contributed by atoms with Gasteiger partial charge in [-0.25, -0.2) is 0 Å². The Hall–Kier alpha value is 0.436. The number of allylic oxidation sites excluding steroid dienone is 2. The molecule has 0 bridgehead atoms. The second kappa shape index (κ2) is 13.2. The molecule has 0 aromatic carbocycles. The Balaban J connectivity index is 0.00000370. The zero-order chi connectivity index (χ0) is 28.1. The number of piperidine rings is 1. The van der Waals surface area contributed by atoms with E-state index in [2.05, 4.69) is 31.0 Å². The van der Waals surface area contributed by atoms with Crippen LogP contribution in [0, 0.1) is 46.3 Å². The van der Waals surface area contributed by atoms with Gasteiger partial charge in [0.2, 0.25) is 5.91 Å². The number of nitrogens with one attached hydrogen (secondary N) is 1. The molecule has 1 heterocycles. The molecule has 4 aliphatic carbocycles. The van der Waals surface area contributed by atoms with E-state index in [9.17, 15) is 14.7 Å². The van der Waals surface area contributed by atoms with Crippen molar-refractivity contribution in [2.45, 2.75) is 124 Å². The smallest absolute Gasteiger partial charge is 0.851 e. The molecular formula is C34H55KN2O3. The molecule has 0 radical (unpaired) electrons. The van der Waals surface area contributed by atoms with Crippen molar-refractivity contribution in [1.29, 1.82) is 0 Å². The van der Waals surface area contributed by atoms with Gasteiger partial charge in [-0.3, -0.25) is 14.5 Å². The summed E-state index contributed by atoms with van der Waals surface area (Å²) in [5, 5.41) is 16.5. The van der Waals surface area contributed by atoms with E-state index in [-0.39, 0.29) is 68.7 Å². The van der Waals surface area contributed by atoms with E-state index in [1.54, 1.807) is 11.1 Å². The number of hydrogen-bond acceptors (Lipinski definition) is 4. The second-order valence-electron chi connectivity index (χ2n) is 15.5. The minimum Gasteiger partial charge on any atom is -0.851 e. The van der Waals surface area contributed by atoms with Gasteiger partial charge in [0.25, 0.3) is 0 Å². The minimum atomic E-state index is -0.531. The molecule has 0 aromatic rings. The van der Waals surface area contributed by atoms with Crippen LogP contribution in [-0.4, -0.2) is 48.4 Å². The Bertz CT molecular complexity index is 973. The molecule has 1 saturated heterocycles. The molecule has 3 saturated carbocycles. The molecule has 40 heavy (non-hydrogen) atoms. The molecule has 5 aliphatic rings. The van der Waals surface area contributed by atoms with Gasteiger partial charge in [0.1, 0.15) is 5.78 Å². The van der Waals surface area contributed by atoms with E-state index in [0.717, 1.165) is 69.4 Å². The van der Waals surface area contributed by atoms with Gasteiger partial charge in [0, 0.05) is 31.3 Å². The van der Waals surface area contributed by atoms with Crippen molar-refractivity contribution in [2.24, 2.45) is 46.3 Å². The SMILES string of the molecule is CC1=C2CC3C(CCC4CC(=O)CCC43C)C2CCC(C(C)C2C([O-])CCCN2CCNC(=O)C(C)(C)C)C1.[K+]. The first kappa shape index (κ1) is 33.3. The van der Waals surface area contributed by atoms with E-state index >= 15 is 0 Å². The van der Waals surface area contributed by atoms with E-state index in [1.807, 2.05) is 20.8 Å². The number of Topliss-reactive ketones (excluding diaryl/α,β-unsaturated/α-hetero) is 1. The second-order valence-corrected chi connectivity index (χ2v) is 15.5. The summed E-state index contributed by atoms with van der Waals surface area (Å²) >= 11 is 0. The summed E-state index contributed by atoms with van der Waals surface area (Å²) in [4.78, 5) is 27.1. The normalized spacial score (nSPS) is 39.4. The van der Waals surface area contributed by atoms with Crippen LogP contribution in [0.2, 0.25) is 0 Å². The van der Waals surface area contributed by atoms with E-state index in [0.29, 0.717) is 35.5 Å². The van der Waals surface area contributed by atoms with E-state index in [1.165, 1.54) is 32.1 Å². The monoisotopic (exact) mass is 578 g/mol. The molecule has 6 heteroatoms. The number of nitrogens with zero attached hydrogens (tertiary/aromatic N) is 1. The third kappa shape index (κ3) is 6.59. The van der Waals surface area contributed by atoms with Crippen molar-refractivity contribution in [2.75, 3.05) is 19.6 Å². The number of amides is 1. The average molecular weight is 579 g/mol. The number of rotatable bonds is 5. The van der Waals surface area contributed by atoms with Gasteiger partial charge in [-0.15, -0.1) is 6.10 Å². The van der Waals surface area contributed by atoms with Gasteiger partial charge in [-0.2, -0.15) is 0 Å². The van der Waals surface area contributed by atoms with Crippen molar-refractivity contribution >= 4 is 11.7 Å². The Labute approximate surface area is 286 Å². The van der Waals surface area contributed by atoms with Crippen LogP contribution in [0.15, 0.2) is 11.1 Å². The molecule has 9 atom stereocenters. The standard InChI is InChI=1S/C34H55N2O3.K/c1-21-18-23(22(2)31-30(38)8-7-16-36(31)17-15-35-32(39)33(3,4)5)9-11-26-27-12-10-24-19-25(37)13-14-34(24,6)29(27)20-28(21)26;/h22-24,26-27,29-31H,7-20H2,1-6H3,(H,35,39);/q-1;+1. The van der Waals surface area contributed by atoms with Crippen LogP contribution in [0.5, 0.6) is 0 Å². The fourth-order valence-electron chi connectivity index (χ4n) is 9.93. The molecule has 220 valence electrons. The molecule has 5 rings (SSSR count). The Morgan fingerprint density at radius 2 is 1.88 bits per heavy atom. The van der Waals surface area contributed by atoms with Crippen molar-refractivity contribution in [3.63, 3.8) is 0 Å². The first-order valence-corrected chi connectivity index (χ1v) is 16.3. The topological polar surface area (TPSA) is 72.5 Å². The predicted molar refractivity (Wildman–Crippen MR) is 155 cm³/mol. The van der Waals surface area contributed by atoms with Gasteiger partial charge in [0.15, 0.2) is 0 Å². The van der Waals surface area contributed by atoms with Crippen LogP contribution < -0.4 is 61.8 Å². The van der Waals surface area contributed by atoms with Crippen molar-refractivity contribution < 1.29 is 66.1 Å². The van der Waals surface area contributed by atoms with E-state index in [4.69, 9.17) is 0 Å². The van der Waals surface area contributed by atoms with Crippen LogP contribution in [0.1, 0.15) is 112 Å². The van der Waals surface area contributed by atoms with Crippen molar-refractivity contribution in [1.82, 2.24) is 10.2 Å². The van der Waals surface area contributed by atoms with Crippen LogP contribution >= 0.6 is 0 Å². The first-order chi connectivity index (χ1) is 18.4. The molecule has 9 unspecified atom stereocenters. The van der Waals surface area contributed by atoms with Crippen LogP contribution in [0.3, 0.4) is 0 Å². The molecule has 1 aliphatic heterocycles. The fourth-order valence-corrected chi connectivity index (χ4v) is 9.93. The molecule has 1 N–H and O–H groups in total. The summed E-state index contributed by atoms with van der Waals surface area (Å²) in [6, 6.07) is 0.0629. The number of hydrogen-bond donors (Lipinski definition) is 1. The Morgan fingerprint density at radius 1 is 1.12 bits per heavy atom. The number of fused-ring (bicyclic) bond motifs is 5. The predicted octanol–water partition coefficient (Wildman–Crippen LogP) is 2.52. The summed E-state index contributed by atoms with van der Waals surface area (Å²) in [5.74, 6) is 4.40. The first-order valence-electron chi connectivity index (χ1n) is 16.3. The summed E-state index contributed by atoms with van der Waals surface area (Å²) in [5.41, 5.74) is 3.35. The summed E-state index contributed by atoms with van der Waals surface area (Å²) < 4.78 is 0. The van der Waals surface area contributed by atoms with Crippen LogP contribution in [0.25, 0.3) is 0 Å². The van der Waals surface area contributed by atoms with Gasteiger partial charge >= 0.3 is 51.4 Å². The maximum absolute atomic E-state index is 13.4. The van der Waals surface area contributed by atoms with Gasteiger partial charge in [-0.05, 0) is 112 Å². The van der Waals surface area contributed by atoms with Gasteiger partial charge in [-0.1, -0.05) is 52.2 Å². The molecule has 5 nitrogen and oxygen atoms in total. The maximum Gasteiger partial charge on any atom is 1.00 e. The third-order valence-corrected chi connectivity index (χ3v) is 12.3. The zero-order valence-corrected chi connectivity index (χ0v) is 29.8. The number of likely N-dealkylation sites (tertiary alicyclic amines) is 1. The molecular weight excluding hydrogens is 523 g/mol. The summed E-state index contributed by atoms with van der Waals surface area (Å²) in [6.45, 7) is 15.5. The molecule has 1 amide bonds. The molecule has 0 aromatic heterocycles. The van der Waals surface area contributed by atoms with Crippen LogP contribution in [-0.2, 0) is 9.59 Å². The minimum absolute atomic E-state index is 0. The van der Waals surface area contributed by atoms with E-state index < -0.39 is 6.10 Å². The molecule has 0 spiro atoms. The molecule has 4 fully saturated rings. The van der Waals surface area contributed by atoms with Gasteiger partial charge < -0.3 is 10.4 Å². The zero-order valence-electron chi connectivity index (χ0n) is 26.7. The summed E-state index contributed by atoms with van der Waals surface area (Å²) in [7, 11) is 0. The summed E-state index contributed by atoms with van der Waals surface area (Å²) in [6.07, 6.45) is 11.4. The van der Waals surface area contributed by atoms with Gasteiger partial charge in [0.05, 0.1) is 0 Å². The van der Waals surface area contributed by atoms with Crippen molar-refractivity contribution in [3.8, 4) is 0 Å². The average Bonchev–Trinajstić information content (AvgIpc) is 3.18. The number of carbonyl (C=O) groups is 2. The van der Waals surface area contributed by atoms with Crippen LogP contribution in [0.4, 0.5) is 0 Å². The largest absolute Gasteiger partial charge is 1.00 e. The number of carbonyl (C=O) groups excluding carboxylic acids is 2. The number of ketones is 1. The third-order valence-electron chi connectivity index (χ3n) is 12.3. The fraction of sp³-hybridized carbons (Fsp3) is 0.882. The quantitative estimate of drug-likeness (QED) is 0.402. The van der Waals surface area contributed by atoms with Crippen molar-refractivity contribution in [3.05, 3.63) is 11.1 Å². The Morgan fingerprint density at radius 3 is 2.60 bits per heavy atom.